The van der Waals surface area contributed by atoms with Crippen molar-refractivity contribution in [2.45, 2.75) is 12.6 Å². The lowest BCUT2D eigenvalue weighted by molar-refractivity contribution is 0.110. The van der Waals surface area contributed by atoms with Crippen LogP contribution in [0, 0.1) is 5.92 Å². The first-order valence-electron chi connectivity index (χ1n) is 6.44. The van der Waals surface area contributed by atoms with Gasteiger partial charge in [-0.3, -0.25) is 0 Å². The van der Waals surface area contributed by atoms with Crippen LogP contribution in [0.15, 0.2) is 30.5 Å². The van der Waals surface area contributed by atoms with E-state index in [0.717, 1.165) is 16.3 Å². The van der Waals surface area contributed by atoms with E-state index in [-0.39, 0.29) is 18.6 Å². The fourth-order valence-electron chi connectivity index (χ4n) is 2.42. The van der Waals surface area contributed by atoms with Gasteiger partial charge in [0.05, 0.1) is 19.4 Å². The summed E-state index contributed by atoms with van der Waals surface area (Å²) in [6.45, 7) is 1.24. The van der Waals surface area contributed by atoms with Gasteiger partial charge in [-0.2, -0.15) is 0 Å². The van der Waals surface area contributed by atoms with E-state index in [9.17, 15) is 5.11 Å². The van der Waals surface area contributed by atoms with Gasteiger partial charge in [0, 0.05) is 24.1 Å². The van der Waals surface area contributed by atoms with Crippen LogP contribution >= 0.6 is 22.9 Å². The molecule has 0 saturated heterocycles. The highest BCUT2D eigenvalue weighted by Gasteiger charge is 2.30. The molecule has 6 heteroatoms. The van der Waals surface area contributed by atoms with E-state index in [0.29, 0.717) is 17.5 Å². The first-order chi connectivity index (χ1) is 9.78. The molecule has 2 atom stereocenters. The van der Waals surface area contributed by atoms with Gasteiger partial charge in [-0.15, -0.1) is 11.3 Å². The summed E-state index contributed by atoms with van der Waals surface area (Å²) in [5, 5.41) is 13.9. The maximum atomic E-state index is 9.53. The average molecular weight is 311 g/mol. The lowest BCUT2D eigenvalue weighted by Crippen LogP contribution is -2.37. The molecule has 0 unspecified atom stereocenters. The van der Waals surface area contributed by atoms with Crippen LogP contribution in [0.25, 0.3) is 0 Å². The number of aliphatic hydroxyl groups is 1. The van der Waals surface area contributed by atoms with E-state index in [1.54, 1.807) is 6.20 Å². The van der Waals surface area contributed by atoms with Crippen LogP contribution in [-0.4, -0.2) is 23.3 Å². The first kappa shape index (κ1) is 13.8. The lowest BCUT2D eigenvalue weighted by Gasteiger charge is -2.33. The van der Waals surface area contributed by atoms with Crippen molar-refractivity contribution in [1.82, 2.24) is 10.3 Å². The number of hydrogen-bond donors (Lipinski definition) is 2. The molecular formula is C14H15ClN2O2S. The van der Waals surface area contributed by atoms with Crippen LogP contribution in [0.1, 0.15) is 16.6 Å². The zero-order valence-electron chi connectivity index (χ0n) is 10.8. The highest BCUT2D eigenvalue weighted by atomic mass is 35.5. The summed E-state index contributed by atoms with van der Waals surface area (Å²) < 4.78 is 6.37. The number of nitrogens with zero attached hydrogens (tertiary/aromatic N) is 1. The van der Waals surface area contributed by atoms with Gasteiger partial charge in [-0.1, -0.05) is 29.8 Å². The van der Waals surface area contributed by atoms with Crippen molar-refractivity contribution in [3.05, 3.63) is 45.4 Å². The second kappa shape index (κ2) is 6.10. The fraction of sp³-hybridized carbons (Fsp3) is 0.357. The quantitative estimate of drug-likeness (QED) is 0.911. The van der Waals surface area contributed by atoms with Gasteiger partial charge >= 0.3 is 0 Å². The van der Waals surface area contributed by atoms with E-state index in [4.69, 9.17) is 16.3 Å². The molecule has 0 amide bonds. The summed E-state index contributed by atoms with van der Waals surface area (Å²) >= 11 is 7.35. The molecule has 20 heavy (non-hydrogen) atoms. The van der Waals surface area contributed by atoms with Crippen molar-refractivity contribution < 1.29 is 9.84 Å². The smallest absolute Gasteiger partial charge is 0.124 e. The van der Waals surface area contributed by atoms with Gasteiger partial charge in [-0.05, 0) is 6.07 Å². The number of para-hydroxylation sites is 1. The number of fused-ring (bicyclic) bond motifs is 1. The van der Waals surface area contributed by atoms with E-state index >= 15 is 0 Å². The van der Waals surface area contributed by atoms with Crippen LogP contribution < -0.4 is 10.1 Å². The van der Waals surface area contributed by atoms with Crippen molar-refractivity contribution in [3.8, 4) is 5.75 Å². The summed E-state index contributed by atoms with van der Waals surface area (Å²) in [6.07, 6.45) is 1.66. The molecule has 1 aliphatic rings. The Balaban J connectivity index is 1.78. The second-order valence-electron chi connectivity index (χ2n) is 4.71. The average Bonchev–Trinajstić information content (AvgIpc) is 2.90. The third kappa shape index (κ3) is 2.81. The standard InChI is InChI=1S/C14H15ClN2O2S/c15-12-5-16-13(20-12)6-17-14-9(7-18)8-19-11-4-2-1-3-10(11)14/h1-5,9,14,17-18H,6-8H2/t9-,14-/m1/s1. The Morgan fingerprint density at radius 3 is 3.05 bits per heavy atom. The molecule has 0 saturated carbocycles. The summed E-state index contributed by atoms with van der Waals surface area (Å²) in [5.41, 5.74) is 1.08. The van der Waals surface area contributed by atoms with Gasteiger partial charge in [-0.25, -0.2) is 4.98 Å². The molecule has 1 aliphatic heterocycles. The van der Waals surface area contributed by atoms with E-state index in [1.807, 2.05) is 24.3 Å². The molecule has 4 nitrogen and oxygen atoms in total. The van der Waals surface area contributed by atoms with Gasteiger partial charge < -0.3 is 15.2 Å². The van der Waals surface area contributed by atoms with Gasteiger partial charge in [0.2, 0.25) is 0 Å². The van der Waals surface area contributed by atoms with Crippen molar-refractivity contribution in [3.63, 3.8) is 0 Å². The van der Waals surface area contributed by atoms with Crippen molar-refractivity contribution >= 4 is 22.9 Å². The topological polar surface area (TPSA) is 54.4 Å². The van der Waals surface area contributed by atoms with Crippen LogP contribution in [-0.2, 0) is 6.54 Å². The number of benzene rings is 1. The number of aliphatic hydroxyl groups excluding tert-OH is 1. The predicted octanol–water partition coefficient (Wildman–Crippen LogP) is 2.63. The Bertz CT molecular complexity index is 590. The monoisotopic (exact) mass is 310 g/mol. The molecule has 0 bridgehead atoms. The van der Waals surface area contributed by atoms with E-state index in [1.165, 1.54) is 11.3 Å². The minimum atomic E-state index is 0.0420. The third-order valence-electron chi connectivity index (χ3n) is 3.41. The van der Waals surface area contributed by atoms with Crippen LogP contribution in [0.2, 0.25) is 4.34 Å². The van der Waals surface area contributed by atoms with Gasteiger partial charge in [0.1, 0.15) is 15.1 Å². The molecule has 3 rings (SSSR count). The van der Waals surface area contributed by atoms with Gasteiger partial charge in [0.25, 0.3) is 0 Å². The Labute approximate surface area is 126 Å². The number of nitrogens with one attached hydrogen (secondary N) is 1. The Morgan fingerprint density at radius 2 is 2.30 bits per heavy atom. The van der Waals surface area contributed by atoms with Crippen LogP contribution in [0.4, 0.5) is 0 Å². The zero-order valence-corrected chi connectivity index (χ0v) is 12.3. The second-order valence-corrected chi connectivity index (χ2v) is 6.45. The fourth-order valence-corrected chi connectivity index (χ4v) is 3.33. The molecule has 0 spiro atoms. The highest BCUT2D eigenvalue weighted by Crippen LogP contribution is 2.35. The number of thiazole rings is 1. The van der Waals surface area contributed by atoms with E-state index < -0.39 is 0 Å². The molecular weight excluding hydrogens is 296 g/mol. The number of ether oxygens (including phenoxy) is 1. The maximum Gasteiger partial charge on any atom is 0.124 e. The number of halogens is 1. The Hall–Kier alpha value is -1.14. The van der Waals surface area contributed by atoms with Crippen LogP contribution in [0.5, 0.6) is 5.75 Å². The predicted molar refractivity (Wildman–Crippen MR) is 79.2 cm³/mol. The van der Waals surface area contributed by atoms with E-state index in [2.05, 4.69) is 10.3 Å². The molecule has 0 radical (unpaired) electrons. The van der Waals surface area contributed by atoms with Gasteiger partial charge in [0.15, 0.2) is 0 Å². The number of hydrogen-bond acceptors (Lipinski definition) is 5. The maximum absolute atomic E-state index is 9.53. The molecule has 106 valence electrons. The molecule has 2 heterocycles. The zero-order chi connectivity index (χ0) is 13.9. The molecule has 1 aromatic carbocycles. The summed E-state index contributed by atoms with van der Waals surface area (Å²) in [6, 6.07) is 7.99. The summed E-state index contributed by atoms with van der Waals surface area (Å²) in [7, 11) is 0. The number of rotatable bonds is 4. The molecule has 1 aromatic heterocycles. The SMILES string of the molecule is OC[C@@H]1COc2ccccc2[C@@H]1NCc1ncc(Cl)s1. The summed E-state index contributed by atoms with van der Waals surface area (Å²) in [4.78, 5) is 4.24. The minimum Gasteiger partial charge on any atom is -0.493 e. The summed E-state index contributed by atoms with van der Waals surface area (Å²) in [5.74, 6) is 0.923. The van der Waals surface area contributed by atoms with Crippen molar-refractivity contribution in [2.75, 3.05) is 13.2 Å². The molecule has 0 fully saturated rings. The normalized spacial score (nSPS) is 21.3. The highest BCUT2D eigenvalue weighted by molar-refractivity contribution is 7.15. The largest absolute Gasteiger partial charge is 0.493 e. The van der Waals surface area contributed by atoms with Crippen molar-refractivity contribution in [1.29, 1.82) is 0 Å². The van der Waals surface area contributed by atoms with Crippen molar-refractivity contribution in [2.24, 2.45) is 5.92 Å². The Morgan fingerprint density at radius 1 is 1.45 bits per heavy atom. The Kier molecular flexibility index (Phi) is 4.21. The number of aromatic nitrogens is 1. The lowest BCUT2D eigenvalue weighted by atomic mass is 9.91. The molecule has 2 aromatic rings. The minimum absolute atomic E-state index is 0.0420. The third-order valence-corrected chi connectivity index (χ3v) is 4.53. The molecule has 2 N–H and O–H groups in total. The first-order valence-corrected chi connectivity index (χ1v) is 7.63. The molecule has 0 aliphatic carbocycles. The van der Waals surface area contributed by atoms with Crippen LogP contribution in [0.3, 0.4) is 0 Å².